The number of allylic oxidation sites excluding steroid dienone is 1. The molecule has 6 rings (SSSR count). The lowest BCUT2D eigenvalue weighted by molar-refractivity contribution is -0.132. The lowest BCUT2D eigenvalue weighted by Crippen LogP contribution is -2.52. The molecule has 2 bridgehead atoms. The van der Waals surface area contributed by atoms with E-state index < -0.39 is 0 Å². The maximum Gasteiger partial charge on any atom is 0.254 e. The predicted octanol–water partition coefficient (Wildman–Crippen LogP) is 3.81. The number of nitrogens with zero attached hydrogens (tertiary/aromatic N) is 3. The highest BCUT2D eigenvalue weighted by molar-refractivity contribution is 5.94. The highest BCUT2D eigenvalue weighted by Gasteiger charge is 2.51. The molecule has 0 radical (unpaired) electrons. The normalized spacial score (nSPS) is 26.4. The molecule has 2 amide bonds. The van der Waals surface area contributed by atoms with Crippen molar-refractivity contribution >= 4 is 11.8 Å². The summed E-state index contributed by atoms with van der Waals surface area (Å²) >= 11 is 0. The van der Waals surface area contributed by atoms with E-state index in [0.717, 1.165) is 57.9 Å². The molecule has 5 aliphatic rings. The molecule has 1 aromatic rings. The largest absolute Gasteiger partial charge is 0.337 e. The van der Waals surface area contributed by atoms with Crippen molar-refractivity contribution in [3.05, 3.63) is 47.3 Å². The summed E-state index contributed by atoms with van der Waals surface area (Å²) in [7, 11) is 0. The van der Waals surface area contributed by atoms with Gasteiger partial charge >= 0.3 is 0 Å². The van der Waals surface area contributed by atoms with Crippen LogP contribution in [-0.2, 0) is 4.79 Å². The zero-order valence-corrected chi connectivity index (χ0v) is 19.9. The number of hydrogen-bond donors (Lipinski definition) is 0. The minimum atomic E-state index is -0.381. The van der Waals surface area contributed by atoms with Gasteiger partial charge in [0.05, 0.1) is 0 Å². The Morgan fingerprint density at radius 3 is 2.55 bits per heavy atom. The molecule has 1 aromatic carbocycles. The monoisotopic (exact) mass is 453 g/mol. The van der Waals surface area contributed by atoms with Gasteiger partial charge in [-0.15, -0.1) is 0 Å². The fraction of sp³-hybridized carbons (Fsp3) is 0.630. The van der Waals surface area contributed by atoms with Gasteiger partial charge in [-0.25, -0.2) is 4.39 Å². The van der Waals surface area contributed by atoms with Crippen LogP contribution in [0.1, 0.15) is 49.9 Å². The molecular formula is C27H36FN3O2. The Hall–Kier alpha value is -2.21. The lowest BCUT2D eigenvalue weighted by Gasteiger charge is -2.57. The molecule has 2 saturated carbocycles. The molecule has 2 atom stereocenters. The number of carbonyl (C=O) groups is 2. The molecule has 0 N–H and O–H groups in total. The molecule has 1 aliphatic heterocycles. The molecule has 0 aromatic heterocycles. The van der Waals surface area contributed by atoms with E-state index in [2.05, 4.69) is 29.7 Å². The first kappa shape index (κ1) is 22.6. The Balaban J connectivity index is 1.15. The Labute approximate surface area is 196 Å². The molecular weight excluding hydrogens is 417 g/mol. The van der Waals surface area contributed by atoms with Crippen LogP contribution in [0.5, 0.6) is 0 Å². The summed E-state index contributed by atoms with van der Waals surface area (Å²) in [6.07, 6.45) is 6.92. The Morgan fingerprint density at radius 2 is 1.91 bits per heavy atom. The van der Waals surface area contributed by atoms with Gasteiger partial charge in [-0.1, -0.05) is 31.6 Å². The zero-order valence-electron chi connectivity index (χ0n) is 19.9. The maximum absolute atomic E-state index is 13.5. The van der Waals surface area contributed by atoms with Crippen molar-refractivity contribution in [3.8, 4) is 0 Å². The smallest absolute Gasteiger partial charge is 0.254 e. The second kappa shape index (κ2) is 8.86. The number of fused-ring (bicyclic) bond motifs is 1. The molecule has 2 unspecified atom stereocenters. The van der Waals surface area contributed by atoms with Crippen molar-refractivity contribution in [1.82, 2.24) is 14.7 Å². The highest BCUT2D eigenvalue weighted by Crippen LogP contribution is 2.59. The Morgan fingerprint density at radius 1 is 1.15 bits per heavy atom. The summed E-state index contributed by atoms with van der Waals surface area (Å²) in [5, 5.41) is 0. The number of halogens is 1. The van der Waals surface area contributed by atoms with Crippen LogP contribution in [0.3, 0.4) is 0 Å². The quantitative estimate of drug-likeness (QED) is 0.590. The molecule has 178 valence electrons. The number of amides is 2. The predicted molar refractivity (Wildman–Crippen MR) is 126 cm³/mol. The zero-order chi connectivity index (χ0) is 23.2. The number of benzene rings is 1. The average molecular weight is 454 g/mol. The van der Waals surface area contributed by atoms with Crippen LogP contribution in [0.15, 0.2) is 35.9 Å². The molecule has 4 aliphatic carbocycles. The van der Waals surface area contributed by atoms with E-state index >= 15 is 0 Å². The third-order valence-corrected chi connectivity index (χ3v) is 8.61. The van der Waals surface area contributed by atoms with Gasteiger partial charge in [-0.3, -0.25) is 14.5 Å². The topological polar surface area (TPSA) is 43.9 Å². The molecule has 6 heteroatoms. The second-order valence-electron chi connectivity index (χ2n) is 11.0. The van der Waals surface area contributed by atoms with Crippen molar-refractivity contribution in [2.45, 2.75) is 39.5 Å². The third kappa shape index (κ3) is 4.59. The second-order valence-corrected chi connectivity index (χ2v) is 11.0. The maximum atomic E-state index is 13.5. The first-order valence-corrected chi connectivity index (χ1v) is 12.6. The average Bonchev–Trinajstić information content (AvgIpc) is 3.67. The molecule has 1 heterocycles. The Kier molecular flexibility index (Phi) is 6.06. The van der Waals surface area contributed by atoms with Crippen LogP contribution >= 0.6 is 0 Å². The fourth-order valence-corrected chi connectivity index (χ4v) is 5.97. The van der Waals surface area contributed by atoms with Gasteiger partial charge in [-0.05, 0) is 61.1 Å². The number of hydrogen-bond acceptors (Lipinski definition) is 3. The number of rotatable bonds is 7. The van der Waals surface area contributed by atoms with Gasteiger partial charge in [0.2, 0.25) is 5.91 Å². The van der Waals surface area contributed by atoms with E-state index in [4.69, 9.17) is 0 Å². The summed E-state index contributed by atoms with van der Waals surface area (Å²) < 4.78 is 13.5. The van der Waals surface area contributed by atoms with Crippen molar-refractivity contribution in [2.75, 3.05) is 45.8 Å². The first-order chi connectivity index (χ1) is 15.8. The summed E-state index contributed by atoms with van der Waals surface area (Å²) in [5.74, 6) is 1.51. The van der Waals surface area contributed by atoms with Gasteiger partial charge in [0.15, 0.2) is 0 Å². The molecule has 5 nitrogen and oxygen atoms in total. The minimum Gasteiger partial charge on any atom is -0.337 e. The Bertz CT molecular complexity index is 946. The number of piperazine rings is 1. The number of carbonyl (C=O) groups excluding carboxylic acids is 2. The van der Waals surface area contributed by atoms with E-state index in [1.807, 2.05) is 0 Å². The molecule has 1 saturated heterocycles. The van der Waals surface area contributed by atoms with Crippen LogP contribution in [0.2, 0.25) is 0 Å². The summed E-state index contributed by atoms with van der Waals surface area (Å²) in [4.78, 5) is 32.0. The standard InChI is InChI=1S/C27H36FN3O2/c1-27(2)22-9-8-21(24(27)17-22)18-31(25(32)19-6-7-19)15-12-29-10-13-30(14-11-29)26(33)20-4-3-5-23(28)16-20/h3-5,8,16,19,22,24H,6-7,9-15,17-18H2,1-2H3. The van der Waals surface area contributed by atoms with Crippen molar-refractivity contribution < 1.29 is 14.0 Å². The van der Waals surface area contributed by atoms with Crippen molar-refractivity contribution in [1.29, 1.82) is 0 Å². The van der Waals surface area contributed by atoms with E-state index in [1.165, 1.54) is 24.1 Å². The van der Waals surface area contributed by atoms with E-state index in [9.17, 15) is 14.0 Å². The first-order valence-electron chi connectivity index (χ1n) is 12.6. The van der Waals surface area contributed by atoms with Gasteiger partial charge in [0.25, 0.3) is 5.91 Å². The van der Waals surface area contributed by atoms with Crippen molar-refractivity contribution in [2.24, 2.45) is 23.2 Å². The molecule has 3 fully saturated rings. The van der Waals surface area contributed by atoms with E-state index in [0.29, 0.717) is 35.9 Å². The SMILES string of the molecule is CC1(C)C2CC=C(CN(CCN3CCN(C(=O)c4cccc(F)c4)CC3)C(=O)C3CC3)C1C2. The fourth-order valence-electron chi connectivity index (χ4n) is 5.97. The van der Waals surface area contributed by atoms with Crippen LogP contribution in [0.4, 0.5) is 4.39 Å². The van der Waals surface area contributed by atoms with E-state index in [-0.39, 0.29) is 17.6 Å². The summed E-state index contributed by atoms with van der Waals surface area (Å²) in [6, 6.07) is 5.92. The minimum absolute atomic E-state index is 0.106. The van der Waals surface area contributed by atoms with Crippen LogP contribution in [0.25, 0.3) is 0 Å². The van der Waals surface area contributed by atoms with Crippen LogP contribution < -0.4 is 0 Å². The van der Waals surface area contributed by atoms with E-state index in [1.54, 1.807) is 17.0 Å². The van der Waals surface area contributed by atoms with Gasteiger partial charge < -0.3 is 9.80 Å². The summed E-state index contributed by atoms with van der Waals surface area (Å²) in [6.45, 7) is 9.98. The highest BCUT2D eigenvalue weighted by atomic mass is 19.1. The van der Waals surface area contributed by atoms with Gasteiger partial charge in [0, 0.05) is 57.3 Å². The van der Waals surface area contributed by atoms with Gasteiger partial charge in [0.1, 0.15) is 5.82 Å². The lowest BCUT2D eigenvalue weighted by atomic mass is 9.49. The van der Waals surface area contributed by atoms with Crippen molar-refractivity contribution in [3.63, 3.8) is 0 Å². The molecule has 33 heavy (non-hydrogen) atoms. The van der Waals surface area contributed by atoms with Crippen LogP contribution in [0, 0.1) is 29.0 Å². The molecule has 0 spiro atoms. The summed E-state index contributed by atoms with van der Waals surface area (Å²) in [5.41, 5.74) is 2.26. The van der Waals surface area contributed by atoms with Gasteiger partial charge in [-0.2, -0.15) is 0 Å². The van der Waals surface area contributed by atoms with Crippen LogP contribution in [-0.4, -0.2) is 72.3 Å². The third-order valence-electron chi connectivity index (χ3n) is 8.61.